The Hall–Kier alpha value is -0.870. The summed E-state index contributed by atoms with van der Waals surface area (Å²) >= 11 is 0. The molecule has 2 rings (SSSR count). The van der Waals surface area contributed by atoms with Gasteiger partial charge in [0.25, 0.3) is 0 Å². The first kappa shape index (κ1) is 10.6. The quantitative estimate of drug-likeness (QED) is 0.790. The van der Waals surface area contributed by atoms with Gasteiger partial charge in [-0.05, 0) is 33.0 Å². The first-order chi connectivity index (χ1) is 7.27. The summed E-state index contributed by atoms with van der Waals surface area (Å²) in [6.45, 7) is 3.25. The van der Waals surface area contributed by atoms with Gasteiger partial charge in [0, 0.05) is 25.5 Å². The van der Waals surface area contributed by atoms with Crippen molar-refractivity contribution >= 4 is 0 Å². The van der Waals surface area contributed by atoms with Crippen molar-refractivity contribution in [3.8, 4) is 0 Å². The van der Waals surface area contributed by atoms with Crippen molar-refractivity contribution in [2.75, 3.05) is 20.1 Å². The molecule has 1 aromatic heterocycles. The maximum atomic E-state index is 4.36. The second-order valence-electron chi connectivity index (χ2n) is 4.35. The van der Waals surface area contributed by atoms with Crippen LogP contribution in [0.15, 0.2) is 12.4 Å². The summed E-state index contributed by atoms with van der Waals surface area (Å²) in [5.74, 6) is 1.15. The van der Waals surface area contributed by atoms with Gasteiger partial charge in [0.05, 0.1) is 6.54 Å². The molecule has 0 spiro atoms. The molecule has 1 N–H and O–H groups in total. The minimum absolute atomic E-state index is 0.711. The lowest BCUT2D eigenvalue weighted by atomic mass is 10.1. The number of nitrogens with one attached hydrogen (secondary N) is 1. The highest BCUT2D eigenvalue weighted by molar-refractivity contribution is 4.91. The first-order valence-electron chi connectivity index (χ1n) is 5.64. The highest BCUT2D eigenvalue weighted by atomic mass is 15.2. The molecule has 84 valence electrons. The van der Waals surface area contributed by atoms with Crippen molar-refractivity contribution in [2.24, 2.45) is 7.05 Å². The molecule has 1 aromatic rings. The summed E-state index contributed by atoms with van der Waals surface area (Å²) in [4.78, 5) is 6.78. The van der Waals surface area contributed by atoms with Crippen LogP contribution >= 0.6 is 0 Å². The Morgan fingerprint density at radius 1 is 1.53 bits per heavy atom. The van der Waals surface area contributed by atoms with Crippen molar-refractivity contribution in [1.82, 2.24) is 19.8 Å². The van der Waals surface area contributed by atoms with Crippen molar-refractivity contribution < 1.29 is 0 Å². The highest BCUT2D eigenvalue weighted by Crippen LogP contribution is 2.12. The molecule has 0 aliphatic carbocycles. The van der Waals surface area contributed by atoms with Gasteiger partial charge in [0.15, 0.2) is 0 Å². The molecule has 0 amide bonds. The van der Waals surface area contributed by atoms with E-state index in [1.165, 1.54) is 12.8 Å². The predicted molar refractivity (Wildman–Crippen MR) is 60.6 cm³/mol. The maximum absolute atomic E-state index is 4.36. The van der Waals surface area contributed by atoms with Crippen LogP contribution in [0.25, 0.3) is 0 Å². The zero-order valence-corrected chi connectivity index (χ0v) is 9.61. The van der Waals surface area contributed by atoms with E-state index in [0.29, 0.717) is 6.04 Å². The second-order valence-corrected chi connectivity index (χ2v) is 4.35. The zero-order valence-electron chi connectivity index (χ0n) is 9.61. The molecule has 1 fully saturated rings. The summed E-state index contributed by atoms with van der Waals surface area (Å²) in [7, 11) is 4.25. The molecule has 0 unspecified atom stereocenters. The largest absolute Gasteiger partial charge is 0.337 e. The number of rotatable bonds is 3. The molecule has 0 saturated carbocycles. The van der Waals surface area contributed by atoms with E-state index in [-0.39, 0.29) is 0 Å². The molecule has 0 atom stereocenters. The molecule has 1 aliphatic rings. The molecule has 1 aliphatic heterocycles. The molecule has 15 heavy (non-hydrogen) atoms. The summed E-state index contributed by atoms with van der Waals surface area (Å²) in [6.07, 6.45) is 6.37. The van der Waals surface area contributed by atoms with Crippen LogP contribution in [0.5, 0.6) is 0 Å². The van der Waals surface area contributed by atoms with Crippen LogP contribution in [-0.4, -0.2) is 40.6 Å². The van der Waals surface area contributed by atoms with Crippen molar-refractivity contribution in [3.63, 3.8) is 0 Å². The lowest BCUT2D eigenvalue weighted by Crippen LogP contribution is -2.41. The zero-order chi connectivity index (χ0) is 10.7. The third-order valence-electron chi connectivity index (χ3n) is 3.24. The van der Waals surface area contributed by atoms with Crippen LogP contribution < -0.4 is 5.32 Å². The van der Waals surface area contributed by atoms with Crippen molar-refractivity contribution in [1.29, 1.82) is 0 Å². The van der Waals surface area contributed by atoms with E-state index in [0.717, 1.165) is 25.5 Å². The second kappa shape index (κ2) is 4.77. The Balaban J connectivity index is 1.91. The average molecular weight is 208 g/mol. The Labute approximate surface area is 91.3 Å². The number of hydrogen-bond donors (Lipinski definition) is 1. The summed E-state index contributed by atoms with van der Waals surface area (Å²) in [5.41, 5.74) is 0. The minimum atomic E-state index is 0.711. The number of piperidine rings is 1. The molecular weight excluding hydrogens is 188 g/mol. The molecule has 1 saturated heterocycles. The van der Waals surface area contributed by atoms with Gasteiger partial charge >= 0.3 is 0 Å². The predicted octanol–water partition coefficient (Wildman–Crippen LogP) is 0.604. The molecule has 0 radical (unpaired) electrons. The minimum Gasteiger partial charge on any atom is -0.337 e. The molecule has 4 nitrogen and oxygen atoms in total. The van der Waals surface area contributed by atoms with Crippen LogP contribution in [0.4, 0.5) is 0 Å². The summed E-state index contributed by atoms with van der Waals surface area (Å²) in [6, 6.07) is 0.711. The van der Waals surface area contributed by atoms with E-state index in [9.17, 15) is 0 Å². The van der Waals surface area contributed by atoms with E-state index in [1.54, 1.807) is 0 Å². The van der Waals surface area contributed by atoms with Gasteiger partial charge in [-0.2, -0.15) is 0 Å². The summed E-state index contributed by atoms with van der Waals surface area (Å²) in [5, 5.41) is 3.39. The Kier molecular flexibility index (Phi) is 3.38. The number of imidazole rings is 1. The number of aromatic nitrogens is 2. The molecule has 0 bridgehead atoms. The number of nitrogens with zero attached hydrogens (tertiary/aromatic N) is 3. The highest BCUT2D eigenvalue weighted by Gasteiger charge is 2.18. The average Bonchev–Trinajstić information content (AvgIpc) is 2.66. The van der Waals surface area contributed by atoms with E-state index < -0.39 is 0 Å². The monoisotopic (exact) mass is 208 g/mol. The van der Waals surface area contributed by atoms with Crippen molar-refractivity contribution in [3.05, 3.63) is 18.2 Å². The smallest absolute Gasteiger partial charge is 0.122 e. The van der Waals surface area contributed by atoms with Crippen LogP contribution in [0.1, 0.15) is 18.7 Å². The maximum Gasteiger partial charge on any atom is 0.122 e. The van der Waals surface area contributed by atoms with Crippen molar-refractivity contribution in [2.45, 2.75) is 25.4 Å². The number of hydrogen-bond acceptors (Lipinski definition) is 3. The molecule has 2 heterocycles. The molecule has 4 heteroatoms. The Morgan fingerprint density at radius 3 is 2.87 bits per heavy atom. The summed E-state index contributed by atoms with van der Waals surface area (Å²) < 4.78 is 2.09. The van der Waals surface area contributed by atoms with Gasteiger partial charge < -0.3 is 9.88 Å². The standard InChI is InChI=1S/C11H20N4/c1-14-8-7-13-11(14)9-15(2)10-3-5-12-6-4-10/h7-8,10,12H,3-6,9H2,1-2H3. The van der Waals surface area contributed by atoms with Crippen LogP contribution in [-0.2, 0) is 13.6 Å². The fraction of sp³-hybridized carbons (Fsp3) is 0.727. The molecule has 0 aromatic carbocycles. The van der Waals surface area contributed by atoms with E-state index >= 15 is 0 Å². The van der Waals surface area contributed by atoms with Gasteiger partial charge in [-0.15, -0.1) is 0 Å². The molecular formula is C11H20N4. The third kappa shape index (κ3) is 2.58. The van der Waals surface area contributed by atoms with E-state index in [4.69, 9.17) is 0 Å². The lowest BCUT2D eigenvalue weighted by Gasteiger charge is -2.31. The Morgan fingerprint density at radius 2 is 2.27 bits per heavy atom. The normalized spacial score (nSPS) is 18.6. The fourth-order valence-electron chi connectivity index (χ4n) is 2.15. The lowest BCUT2D eigenvalue weighted by molar-refractivity contribution is 0.186. The van der Waals surface area contributed by atoms with Crippen LogP contribution in [0, 0.1) is 0 Å². The van der Waals surface area contributed by atoms with Gasteiger partial charge in [-0.1, -0.05) is 0 Å². The van der Waals surface area contributed by atoms with Crippen LogP contribution in [0.3, 0.4) is 0 Å². The van der Waals surface area contributed by atoms with E-state index in [1.807, 2.05) is 12.4 Å². The number of aryl methyl sites for hydroxylation is 1. The topological polar surface area (TPSA) is 33.1 Å². The first-order valence-corrected chi connectivity index (χ1v) is 5.64. The van der Waals surface area contributed by atoms with Gasteiger partial charge in [-0.3, -0.25) is 4.90 Å². The van der Waals surface area contributed by atoms with Crippen LogP contribution in [0.2, 0.25) is 0 Å². The fourth-order valence-corrected chi connectivity index (χ4v) is 2.15. The third-order valence-corrected chi connectivity index (χ3v) is 3.24. The van der Waals surface area contributed by atoms with Gasteiger partial charge in [-0.25, -0.2) is 4.98 Å². The van der Waals surface area contributed by atoms with Gasteiger partial charge in [0.2, 0.25) is 0 Å². The van der Waals surface area contributed by atoms with Gasteiger partial charge in [0.1, 0.15) is 5.82 Å². The SMILES string of the molecule is CN(Cc1nccn1C)C1CCNCC1. The Bertz CT molecular complexity index is 301. The van der Waals surface area contributed by atoms with E-state index in [2.05, 4.69) is 33.9 Å².